The molecule has 25 heavy (non-hydrogen) atoms. The van der Waals surface area contributed by atoms with Gasteiger partial charge in [0.1, 0.15) is 0 Å². The second-order valence-electron chi connectivity index (χ2n) is 5.39. The van der Waals surface area contributed by atoms with Gasteiger partial charge in [0.25, 0.3) is 10.1 Å². The van der Waals surface area contributed by atoms with Gasteiger partial charge in [0.2, 0.25) is 5.91 Å². The fourth-order valence-corrected chi connectivity index (χ4v) is 2.45. The van der Waals surface area contributed by atoms with Crippen LogP contribution in [0.4, 0.5) is 0 Å². The molecule has 0 fully saturated rings. The Bertz CT molecular complexity index is 656. The maximum absolute atomic E-state index is 10.8. The van der Waals surface area contributed by atoms with Crippen LogP contribution in [0.3, 0.4) is 0 Å². The highest BCUT2D eigenvalue weighted by atomic mass is 32.2. The van der Waals surface area contributed by atoms with Gasteiger partial charge < -0.3 is 5.32 Å². The number of allylic oxidation sites excluding steroid dienone is 2. The Morgan fingerprint density at radius 3 is 1.88 bits per heavy atom. The number of hydrogen-bond acceptors (Lipinski definition) is 3. The predicted molar refractivity (Wildman–Crippen MR) is 106 cm³/mol. The summed E-state index contributed by atoms with van der Waals surface area (Å²) in [6.45, 7) is 16.5. The van der Waals surface area contributed by atoms with Gasteiger partial charge in [-0.2, -0.15) is 8.42 Å². The zero-order valence-corrected chi connectivity index (χ0v) is 15.6. The van der Waals surface area contributed by atoms with E-state index in [2.05, 4.69) is 31.6 Å². The van der Waals surface area contributed by atoms with Crippen LogP contribution in [0.2, 0.25) is 0 Å². The summed E-state index contributed by atoms with van der Waals surface area (Å²) < 4.78 is 29.5. The molecule has 138 valence electrons. The zero-order valence-electron chi connectivity index (χ0n) is 14.8. The Balaban J connectivity index is 0. The third-order valence-electron chi connectivity index (χ3n) is 2.39. The van der Waals surface area contributed by atoms with Crippen LogP contribution >= 0.6 is 0 Å². The van der Waals surface area contributed by atoms with E-state index in [1.54, 1.807) is 12.2 Å². The summed E-state index contributed by atoms with van der Waals surface area (Å²) in [6.07, 6.45) is 6.14. The van der Waals surface area contributed by atoms with Gasteiger partial charge in [-0.3, -0.25) is 9.35 Å². The van der Waals surface area contributed by atoms with E-state index in [1.807, 2.05) is 36.4 Å². The number of rotatable bonds is 6. The van der Waals surface area contributed by atoms with E-state index in [1.165, 1.54) is 19.4 Å². The summed E-state index contributed by atoms with van der Waals surface area (Å²) in [5, 5.41) is 2.37. The highest BCUT2D eigenvalue weighted by molar-refractivity contribution is 7.85. The Hall–Kier alpha value is -2.44. The molecule has 0 atom stereocenters. The van der Waals surface area contributed by atoms with Crippen molar-refractivity contribution in [2.75, 3.05) is 5.75 Å². The molecule has 0 heterocycles. The Morgan fingerprint density at radius 2 is 1.60 bits per heavy atom. The summed E-state index contributed by atoms with van der Waals surface area (Å²) in [7, 11) is -4.08. The van der Waals surface area contributed by atoms with Crippen molar-refractivity contribution in [2.45, 2.75) is 19.4 Å². The summed E-state index contributed by atoms with van der Waals surface area (Å²) in [5.41, 5.74) is 0.172. The fraction of sp³-hybridized carbons (Fsp3) is 0.211. The maximum Gasteiger partial charge on any atom is 0.267 e. The largest absolute Gasteiger partial charge is 0.347 e. The molecule has 1 rings (SSSR count). The number of carbonyl (C=O) groups excluding carboxylic acids is 1. The molecule has 0 aliphatic heterocycles. The van der Waals surface area contributed by atoms with E-state index < -0.39 is 27.3 Å². The molecule has 0 bridgehead atoms. The minimum Gasteiger partial charge on any atom is -0.347 e. The minimum absolute atomic E-state index is 0.478. The van der Waals surface area contributed by atoms with E-state index >= 15 is 0 Å². The van der Waals surface area contributed by atoms with E-state index in [9.17, 15) is 13.2 Å². The molecule has 6 heteroatoms. The third kappa shape index (κ3) is 17.7. The second-order valence-corrected chi connectivity index (χ2v) is 6.84. The lowest BCUT2D eigenvalue weighted by atomic mass is 10.1. The van der Waals surface area contributed by atoms with Gasteiger partial charge >= 0.3 is 0 Å². The molecule has 1 amide bonds. The third-order valence-corrected chi connectivity index (χ3v) is 3.48. The van der Waals surface area contributed by atoms with Gasteiger partial charge in [-0.1, -0.05) is 74.9 Å². The molecule has 0 spiro atoms. The fourth-order valence-electron chi connectivity index (χ4n) is 1.47. The second kappa shape index (κ2) is 12.9. The molecule has 0 radical (unpaired) electrons. The predicted octanol–water partition coefficient (Wildman–Crippen LogP) is 3.64. The molecule has 1 aromatic carbocycles. The van der Waals surface area contributed by atoms with Crippen LogP contribution in [0.25, 0.3) is 6.08 Å². The molecule has 0 saturated heterocycles. The lowest BCUT2D eigenvalue weighted by Gasteiger charge is -2.23. The van der Waals surface area contributed by atoms with Crippen LogP contribution in [0.5, 0.6) is 0 Å². The molecule has 0 aliphatic carbocycles. The highest BCUT2D eigenvalue weighted by Gasteiger charge is 2.25. The van der Waals surface area contributed by atoms with Crippen molar-refractivity contribution in [2.24, 2.45) is 0 Å². The van der Waals surface area contributed by atoms with E-state index in [0.717, 1.165) is 6.08 Å². The average Bonchev–Trinajstić information content (AvgIpc) is 2.53. The molecular weight excluding hydrogens is 338 g/mol. The first-order valence-electron chi connectivity index (χ1n) is 7.32. The molecule has 0 unspecified atom stereocenters. The first kappa shape index (κ1) is 24.8. The molecule has 0 aliphatic rings. The summed E-state index contributed by atoms with van der Waals surface area (Å²) >= 11 is 0. The molecule has 2 N–H and O–H groups in total. The molecule has 5 nitrogen and oxygen atoms in total. The smallest absolute Gasteiger partial charge is 0.267 e. The number of hydrogen-bond donors (Lipinski definition) is 2. The number of carbonyl (C=O) groups is 1. The van der Waals surface area contributed by atoms with Gasteiger partial charge in [-0.25, -0.2) is 0 Å². The van der Waals surface area contributed by atoms with Crippen molar-refractivity contribution in [3.63, 3.8) is 0 Å². The van der Waals surface area contributed by atoms with E-state index in [-0.39, 0.29) is 0 Å². The van der Waals surface area contributed by atoms with Crippen molar-refractivity contribution in [1.82, 2.24) is 5.32 Å². The van der Waals surface area contributed by atoms with Crippen molar-refractivity contribution >= 4 is 22.1 Å². The van der Waals surface area contributed by atoms with Crippen molar-refractivity contribution in [3.05, 3.63) is 80.4 Å². The van der Waals surface area contributed by atoms with E-state index in [0.29, 0.717) is 0 Å². The SMILES string of the molecule is C=CC(=O)NC(C)(C)CS(=O)(=O)O.C=CC=C.C=Cc1ccccc1. The standard InChI is InChI=1S/C8H8.C7H13NO4S.C4H6/c1-2-8-6-4-3-5-7-8;1-4-6(9)8-7(2,3)5-13(10,11)12;1-3-4-2/h2-7H,1H2;4H,1,5H2,2-3H3,(H,8,9)(H,10,11,12);3-4H,1-2H2. The lowest BCUT2D eigenvalue weighted by Crippen LogP contribution is -2.47. The zero-order chi connectivity index (χ0) is 19.9. The van der Waals surface area contributed by atoms with E-state index in [4.69, 9.17) is 4.55 Å². The van der Waals surface area contributed by atoms with Crippen LogP contribution in [-0.4, -0.2) is 30.2 Å². The van der Waals surface area contributed by atoms with Crippen LogP contribution < -0.4 is 5.32 Å². The van der Waals surface area contributed by atoms with Gasteiger partial charge in [0, 0.05) is 0 Å². The monoisotopic (exact) mass is 365 g/mol. The first-order chi connectivity index (χ1) is 11.5. The molecular formula is C19H27NO4S. The quantitative estimate of drug-likeness (QED) is 0.458. The van der Waals surface area contributed by atoms with Crippen molar-refractivity contribution < 1.29 is 17.8 Å². The lowest BCUT2D eigenvalue weighted by molar-refractivity contribution is -0.117. The topological polar surface area (TPSA) is 83.5 Å². The number of benzene rings is 1. The van der Waals surface area contributed by atoms with Crippen LogP contribution in [0.15, 0.2) is 74.9 Å². The summed E-state index contributed by atoms with van der Waals surface area (Å²) in [6, 6.07) is 10.0. The van der Waals surface area contributed by atoms with Crippen LogP contribution in [-0.2, 0) is 14.9 Å². The summed E-state index contributed by atoms with van der Waals surface area (Å²) in [5.74, 6) is -1.01. The molecule has 0 saturated carbocycles. The minimum atomic E-state index is -4.08. The van der Waals surface area contributed by atoms with Gasteiger partial charge in [-0.05, 0) is 25.5 Å². The van der Waals surface area contributed by atoms with Crippen LogP contribution in [0.1, 0.15) is 19.4 Å². The maximum atomic E-state index is 10.8. The Labute approximate surface area is 151 Å². The summed E-state index contributed by atoms with van der Waals surface area (Å²) in [4.78, 5) is 10.8. The Morgan fingerprint density at radius 1 is 1.12 bits per heavy atom. The van der Waals surface area contributed by atoms with Gasteiger partial charge in [-0.15, -0.1) is 0 Å². The normalized spacial score (nSPS) is 9.88. The Kier molecular flexibility index (Phi) is 12.8. The van der Waals surface area contributed by atoms with Gasteiger partial charge in [0.15, 0.2) is 0 Å². The first-order valence-corrected chi connectivity index (χ1v) is 8.93. The van der Waals surface area contributed by atoms with Crippen LogP contribution in [0, 0.1) is 0 Å². The average molecular weight is 365 g/mol. The van der Waals surface area contributed by atoms with Gasteiger partial charge in [0.05, 0.1) is 11.3 Å². The van der Waals surface area contributed by atoms with Crippen molar-refractivity contribution in [1.29, 1.82) is 0 Å². The molecule has 0 aromatic heterocycles. The number of amides is 1. The molecule has 1 aromatic rings. The highest BCUT2D eigenvalue weighted by Crippen LogP contribution is 2.05. The van der Waals surface area contributed by atoms with Crippen molar-refractivity contribution in [3.8, 4) is 0 Å². The number of nitrogens with one attached hydrogen (secondary N) is 1.